The molecular weight excluding hydrogens is 474 g/mol. The number of alkyl halides is 6. The van der Waals surface area contributed by atoms with E-state index in [0.29, 0.717) is 16.0 Å². The summed E-state index contributed by atoms with van der Waals surface area (Å²) in [6, 6.07) is 8.98. The molecule has 0 saturated heterocycles. The van der Waals surface area contributed by atoms with Crippen LogP contribution in [-0.2, 0) is 11.6 Å². The summed E-state index contributed by atoms with van der Waals surface area (Å²) in [6.07, 6.45) is -4.56. The van der Waals surface area contributed by atoms with Gasteiger partial charge >= 0.3 is 17.4 Å². The molecule has 12 heteroatoms. The Bertz CT molecular complexity index is 1070. The molecule has 3 rings (SSSR count). The molecule has 0 N–H and O–H groups in total. The molecule has 0 amide bonds. The topological polar surface area (TPSA) is 56.0 Å². The van der Waals surface area contributed by atoms with E-state index in [1.165, 1.54) is 30.3 Å². The molecule has 0 radical (unpaired) electrons. The monoisotopic (exact) mass is 482 g/mol. The lowest BCUT2D eigenvalue weighted by molar-refractivity contribution is -0.137. The molecule has 0 spiro atoms. The van der Waals surface area contributed by atoms with Gasteiger partial charge in [0, 0.05) is 16.0 Å². The molecule has 0 unspecified atom stereocenters. The second-order valence-electron chi connectivity index (χ2n) is 5.85. The first-order valence-electron chi connectivity index (χ1n) is 7.99. The van der Waals surface area contributed by atoms with Crippen molar-refractivity contribution >= 4 is 40.7 Å². The molecule has 0 aliphatic heterocycles. The Morgan fingerprint density at radius 3 is 2.27 bits per heavy atom. The highest BCUT2D eigenvalue weighted by molar-refractivity contribution is 8.00. The molecule has 30 heavy (non-hydrogen) atoms. The maximum atomic E-state index is 12.9. The van der Waals surface area contributed by atoms with Crippen LogP contribution in [0, 0.1) is 0 Å². The summed E-state index contributed by atoms with van der Waals surface area (Å²) in [5.74, 6) is -1.53. The molecule has 0 aliphatic rings. The van der Waals surface area contributed by atoms with Crippen LogP contribution in [0.3, 0.4) is 0 Å². The van der Waals surface area contributed by atoms with Crippen molar-refractivity contribution in [1.29, 1.82) is 0 Å². The third kappa shape index (κ3) is 5.30. The third-order valence-corrected chi connectivity index (χ3v) is 5.22. The molecular formula is C18H9Cl2F5N2O2S. The standard InChI is InChI=1S/C18H9Cl2F5N2O2S/c19-13-7-11(5-6-12(13)18(23,24)25)30-8-14(28)9-1-3-10(4-2-9)15-26-16(29-27-15)17(20,21)22/h1-7H,8H2. The first kappa shape index (κ1) is 22.5. The predicted molar refractivity (Wildman–Crippen MR) is 101 cm³/mol. The van der Waals surface area contributed by atoms with E-state index in [4.69, 9.17) is 23.2 Å². The Balaban J connectivity index is 1.65. The van der Waals surface area contributed by atoms with Gasteiger partial charge in [-0.25, -0.2) is 0 Å². The SMILES string of the molecule is O=C(CSc1ccc(C(F)(F)F)c(Cl)c1)c1ccc(-c2noc(C(F)(F)Cl)n2)cc1. The lowest BCUT2D eigenvalue weighted by atomic mass is 10.1. The molecule has 0 atom stereocenters. The molecule has 0 aliphatic carbocycles. The van der Waals surface area contributed by atoms with Crippen molar-refractivity contribution in [2.75, 3.05) is 5.75 Å². The van der Waals surface area contributed by atoms with Gasteiger partial charge in [-0.2, -0.15) is 26.9 Å². The van der Waals surface area contributed by atoms with Gasteiger partial charge in [-0.15, -0.1) is 11.8 Å². The van der Waals surface area contributed by atoms with E-state index in [1.807, 2.05) is 0 Å². The number of hydrogen-bond donors (Lipinski definition) is 0. The first-order chi connectivity index (χ1) is 13.9. The molecule has 158 valence electrons. The normalized spacial score (nSPS) is 12.2. The van der Waals surface area contributed by atoms with Gasteiger partial charge in [0.1, 0.15) is 0 Å². The van der Waals surface area contributed by atoms with Crippen molar-refractivity contribution in [3.63, 3.8) is 0 Å². The largest absolute Gasteiger partial charge is 0.417 e. The smallest absolute Gasteiger partial charge is 0.331 e. The summed E-state index contributed by atoms with van der Waals surface area (Å²) >= 11 is 11.5. The Morgan fingerprint density at radius 1 is 1.07 bits per heavy atom. The van der Waals surface area contributed by atoms with Crippen LogP contribution in [0.25, 0.3) is 11.4 Å². The van der Waals surface area contributed by atoms with Crippen molar-refractivity contribution in [2.45, 2.75) is 16.5 Å². The minimum absolute atomic E-state index is 0.0497. The van der Waals surface area contributed by atoms with Crippen molar-refractivity contribution in [3.8, 4) is 11.4 Å². The molecule has 0 saturated carbocycles. The van der Waals surface area contributed by atoms with E-state index in [9.17, 15) is 26.7 Å². The molecule has 4 nitrogen and oxygen atoms in total. The molecule has 0 bridgehead atoms. The fourth-order valence-electron chi connectivity index (χ4n) is 2.31. The van der Waals surface area contributed by atoms with Gasteiger partial charge in [0.25, 0.3) is 0 Å². The summed E-state index contributed by atoms with van der Waals surface area (Å²) in [4.78, 5) is 16.2. The second kappa shape index (κ2) is 8.52. The Morgan fingerprint density at radius 2 is 1.73 bits per heavy atom. The fraction of sp³-hybridized carbons (Fsp3) is 0.167. The van der Waals surface area contributed by atoms with Crippen LogP contribution in [0.2, 0.25) is 5.02 Å². The van der Waals surface area contributed by atoms with E-state index in [1.54, 1.807) is 0 Å². The van der Waals surface area contributed by atoms with E-state index in [2.05, 4.69) is 14.7 Å². The predicted octanol–water partition coefficient (Wildman–Crippen LogP) is 6.67. The van der Waals surface area contributed by atoms with E-state index >= 15 is 0 Å². The third-order valence-electron chi connectivity index (χ3n) is 3.75. The maximum absolute atomic E-state index is 12.9. The zero-order valence-electron chi connectivity index (χ0n) is 14.5. The Labute approximate surface area is 180 Å². The number of rotatable bonds is 6. The molecule has 1 aromatic heterocycles. The van der Waals surface area contributed by atoms with Crippen molar-refractivity contribution in [1.82, 2.24) is 10.1 Å². The molecule has 2 aromatic carbocycles. The van der Waals surface area contributed by atoms with Gasteiger partial charge < -0.3 is 4.52 Å². The molecule has 0 fully saturated rings. The van der Waals surface area contributed by atoms with Gasteiger partial charge in [-0.1, -0.05) is 41.0 Å². The van der Waals surface area contributed by atoms with Crippen molar-refractivity contribution < 1.29 is 31.3 Å². The van der Waals surface area contributed by atoms with Gasteiger partial charge in [-0.05, 0) is 29.8 Å². The van der Waals surface area contributed by atoms with Crippen LogP contribution in [0.4, 0.5) is 22.0 Å². The Kier molecular flexibility index (Phi) is 6.40. The fourth-order valence-corrected chi connectivity index (χ4v) is 3.57. The zero-order valence-corrected chi connectivity index (χ0v) is 16.8. The van der Waals surface area contributed by atoms with Crippen LogP contribution in [0.5, 0.6) is 0 Å². The van der Waals surface area contributed by atoms with E-state index in [0.717, 1.165) is 23.9 Å². The van der Waals surface area contributed by atoms with E-state index < -0.39 is 28.0 Å². The molecule has 1 heterocycles. The summed E-state index contributed by atoms with van der Waals surface area (Å²) in [5, 5.41) is -0.841. The summed E-state index contributed by atoms with van der Waals surface area (Å²) in [7, 11) is 0. The quantitative estimate of drug-likeness (QED) is 0.170. The summed E-state index contributed by atoms with van der Waals surface area (Å²) in [6.45, 7) is 0. The minimum atomic E-state index is -4.56. The van der Waals surface area contributed by atoms with Crippen LogP contribution >= 0.6 is 35.0 Å². The van der Waals surface area contributed by atoms with Crippen LogP contribution in [-0.4, -0.2) is 21.7 Å². The van der Waals surface area contributed by atoms with E-state index in [-0.39, 0.29) is 17.4 Å². The number of benzene rings is 2. The minimum Gasteiger partial charge on any atom is -0.331 e. The zero-order chi connectivity index (χ0) is 22.1. The van der Waals surface area contributed by atoms with Gasteiger partial charge in [-0.3, -0.25) is 4.79 Å². The van der Waals surface area contributed by atoms with Crippen LogP contribution < -0.4 is 0 Å². The van der Waals surface area contributed by atoms with Crippen LogP contribution in [0.1, 0.15) is 21.8 Å². The number of halogens is 7. The number of ketones is 1. The number of aromatic nitrogens is 2. The molecule has 3 aromatic rings. The lowest BCUT2D eigenvalue weighted by Gasteiger charge is -2.10. The highest BCUT2D eigenvalue weighted by atomic mass is 35.5. The van der Waals surface area contributed by atoms with Crippen LogP contribution in [0.15, 0.2) is 51.9 Å². The number of Topliss-reactive ketones (excluding diaryl/α,β-unsaturated/α-hetero) is 1. The highest BCUT2D eigenvalue weighted by Gasteiger charge is 2.36. The average molecular weight is 483 g/mol. The van der Waals surface area contributed by atoms with Crippen molar-refractivity contribution in [2.24, 2.45) is 0 Å². The number of carbonyl (C=O) groups is 1. The second-order valence-corrected chi connectivity index (χ2v) is 7.78. The summed E-state index contributed by atoms with van der Waals surface area (Å²) < 4.78 is 68.5. The van der Waals surface area contributed by atoms with Gasteiger partial charge in [0.05, 0.1) is 16.3 Å². The number of hydrogen-bond acceptors (Lipinski definition) is 5. The maximum Gasteiger partial charge on any atom is 0.417 e. The van der Waals surface area contributed by atoms with Gasteiger partial charge in [0.2, 0.25) is 5.82 Å². The highest BCUT2D eigenvalue weighted by Crippen LogP contribution is 2.37. The first-order valence-corrected chi connectivity index (χ1v) is 9.73. The lowest BCUT2D eigenvalue weighted by Crippen LogP contribution is -2.06. The number of carbonyl (C=O) groups excluding carboxylic acids is 1. The number of nitrogens with zero attached hydrogens (tertiary/aromatic N) is 2. The number of thioether (sulfide) groups is 1. The average Bonchev–Trinajstić information content (AvgIpc) is 3.16. The Hall–Kier alpha value is -2.17. The van der Waals surface area contributed by atoms with Gasteiger partial charge in [0.15, 0.2) is 5.78 Å². The van der Waals surface area contributed by atoms with Crippen molar-refractivity contribution in [3.05, 3.63) is 64.5 Å². The summed E-state index contributed by atoms with van der Waals surface area (Å²) in [5.41, 5.74) is -0.327.